The number of rotatable bonds is 2. The van der Waals surface area contributed by atoms with Gasteiger partial charge in [-0.2, -0.15) is 0 Å². The van der Waals surface area contributed by atoms with Gasteiger partial charge >= 0.3 is 0 Å². The van der Waals surface area contributed by atoms with E-state index in [0.29, 0.717) is 21.9 Å². The van der Waals surface area contributed by atoms with E-state index in [0.717, 1.165) is 30.8 Å². The number of pyridine rings is 1. The second-order valence-corrected chi connectivity index (χ2v) is 7.74. The van der Waals surface area contributed by atoms with E-state index in [1.807, 2.05) is 25.1 Å². The average molecular weight is 403 g/mol. The summed E-state index contributed by atoms with van der Waals surface area (Å²) in [7, 11) is 0. The smallest absolute Gasteiger partial charge is 0.266 e. The van der Waals surface area contributed by atoms with E-state index in [1.54, 1.807) is 23.0 Å². The summed E-state index contributed by atoms with van der Waals surface area (Å²) in [4.78, 5) is 24.3. The van der Waals surface area contributed by atoms with Gasteiger partial charge in [-0.1, -0.05) is 41.9 Å². The highest BCUT2D eigenvalue weighted by molar-refractivity contribution is 6.31. The van der Waals surface area contributed by atoms with E-state index < -0.39 is 0 Å². The van der Waals surface area contributed by atoms with Crippen LogP contribution in [0.1, 0.15) is 16.7 Å². The molecule has 144 valence electrons. The third-order valence-electron chi connectivity index (χ3n) is 5.48. The topological polar surface area (TPSA) is 51.0 Å². The van der Waals surface area contributed by atoms with Crippen LogP contribution in [0.2, 0.25) is 5.02 Å². The molecule has 5 nitrogen and oxygen atoms in total. The third kappa shape index (κ3) is 3.17. The fourth-order valence-corrected chi connectivity index (χ4v) is 3.95. The Balaban J connectivity index is 1.52. The maximum absolute atomic E-state index is 13.0. The lowest BCUT2D eigenvalue weighted by atomic mass is 10.0. The molecule has 0 amide bonds. The van der Waals surface area contributed by atoms with Gasteiger partial charge in [-0.3, -0.25) is 9.36 Å². The highest BCUT2D eigenvalue weighted by Crippen LogP contribution is 2.23. The van der Waals surface area contributed by atoms with Crippen molar-refractivity contribution < 1.29 is 0 Å². The summed E-state index contributed by atoms with van der Waals surface area (Å²) >= 11 is 6.23. The van der Waals surface area contributed by atoms with E-state index >= 15 is 0 Å². The van der Waals surface area contributed by atoms with Crippen molar-refractivity contribution in [2.45, 2.75) is 19.9 Å². The van der Waals surface area contributed by atoms with Gasteiger partial charge in [0.25, 0.3) is 5.56 Å². The summed E-state index contributed by atoms with van der Waals surface area (Å²) in [5.74, 6) is 0.655. The highest BCUT2D eigenvalue weighted by atomic mass is 35.5. The van der Waals surface area contributed by atoms with E-state index in [9.17, 15) is 4.79 Å². The van der Waals surface area contributed by atoms with Crippen LogP contribution >= 0.6 is 11.6 Å². The quantitative estimate of drug-likeness (QED) is 0.501. The molecule has 5 rings (SSSR count). The van der Waals surface area contributed by atoms with Crippen LogP contribution in [-0.2, 0) is 13.0 Å². The molecule has 1 aliphatic rings. The van der Waals surface area contributed by atoms with Gasteiger partial charge in [-0.25, -0.2) is 9.97 Å². The zero-order valence-electron chi connectivity index (χ0n) is 16.0. The molecule has 0 atom stereocenters. The zero-order valence-corrected chi connectivity index (χ0v) is 16.7. The molecule has 3 heterocycles. The van der Waals surface area contributed by atoms with Crippen molar-refractivity contribution in [2.75, 3.05) is 11.4 Å². The highest BCUT2D eigenvalue weighted by Gasteiger charge is 2.19. The number of nitrogens with zero attached hydrogens (tertiary/aromatic N) is 4. The van der Waals surface area contributed by atoms with Crippen molar-refractivity contribution >= 4 is 28.5 Å². The van der Waals surface area contributed by atoms with Crippen molar-refractivity contribution in [1.82, 2.24) is 14.5 Å². The molecule has 0 spiro atoms. The van der Waals surface area contributed by atoms with E-state index in [2.05, 4.69) is 39.1 Å². The lowest BCUT2D eigenvalue weighted by Gasteiger charge is -2.28. The molecule has 2 aromatic heterocycles. The molecule has 0 saturated heterocycles. The summed E-state index contributed by atoms with van der Waals surface area (Å²) < 4.78 is 1.58. The fraction of sp³-hybridized carbons (Fsp3) is 0.174. The molecule has 0 N–H and O–H groups in total. The number of aryl methyl sites for hydroxylation is 1. The van der Waals surface area contributed by atoms with Gasteiger partial charge in [0.2, 0.25) is 5.95 Å². The first-order valence-electron chi connectivity index (χ1n) is 9.57. The van der Waals surface area contributed by atoms with Crippen LogP contribution in [-0.4, -0.2) is 21.1 Å². The minimum Gasteiger partial charge on any atom is -0.336 e. The monoisotopic (exact) mass is 402 g/mol. The molecule has 0 bridgehead atoms. The number of aromatic nitrogens is 3. The van der Waals surface area contributed by atoms with Crippen LogP contribution in [0.5, 0.6) is 0 Å². The minimum absolute atomic E-state index is 0.155. The van der Waals surface area contributed by atoms with Gasteiger partial charge in [-0.15, -0.1) is 0 Å². The van der Waals surface area contributed by atoms with Gasteiger partial charge in [0.15, 0.2) is 0 Å². The largest absolute Gasteiger partial charge is 0.336 e. The Kier molecular flexibility index (Phi) is 4.32. The summed E-state index contributed by atoms with van der Waals surface area (Å²) in [6.45, 7) is 3.58. The molecule has 1 aliphatic heterocycles. The molecular formula is C23H19ClN4O. The molecule has 4 aromatic rings. The molecule has 0 unspecified atom stereocenters. The van der Waals surface area contributed by atoms with Crippen LogP contribution in [0.25, 0.3) is 16.6 Å². The van der Waals surface area contributed by atoms with Crippen molar-refractivity contribution in [3.63, 3.8) is 0 Å². The van der Waals surface area contributed by atoms with Crippen LogP contribution in [0.4, 0.5) is 5.95 Å². The average Bonchev–Trinajstić information content (AvgIpc) is 2.75. The molecule has 0 saturated carbocycles. The Bertz CT molecular complexity index is 1300. The number of benzene rings is 2. The number of anilines is 1. The van der Waals surface area contributed by atoms with Crippen molar-refractivity contribution in [3.8, 4) is 5.69 Å². The molecular weight excluding hydrogens is 384 g/mol. The second-order valence-electron chi connectivity index (χ2n) is 7.33. The van der Waals surface area contributed by atoms with Crippen LogP contribution in [0.3, 0.4) is 0 Å². The normalized spacial score (nSPS) is 13.5. The maximum Gasteiger partial charge on any atom is 0.266 e. The Labute approximate surface area is 173 Å². The molecule has 0 aliphatic carbocycles. The number of hydrogen-bond donors (Lipinski definition) is 0. The predicted octanol–water partition coefficient (Wildman–Crippen LogP) is 4.31. The summed E-state index contributed by atoms with van der Waals surface area (Å²) in [6.07, 6.45) is 4.34. The van der Waals surface area contributed by atoms with E-state index in [1.165, 1.54) is 11.1 Å². The van der Waals surface area contributed by atoms with Crippen LogP contribution in [0, 0.1) is 6.92 Å². The maximum atomic E-state index is 13.0. The van der Waals surface area contributed by atoms with Crippen molar-refractivity contribution in [1.29, 1.82) is 0 Å². The molecule has 29 heavy (non-hydrogen) atoms. The van der Waals surface area contributed by atoms with Gasteiger partial charge < -0.3 is 4.90 Å². The van der Waals surface area contributed by atoms with Gasteiger partial charge in [0.05, 0.1) is 16.6 Å². The number of hydrogen-bond acceptors (Lipinski definition) is 4. The minimum atomic E-state index is -0.155. The lowest BCUT2D eigenvalue weighted by molar-refractivity contribution is 0.710. The van der Waals surface area contributed by atoms with Gasteiger partial charge in [0.1, 0.15) is 0 Å². The van der Waals surface area contributed by atoms with Crippen LogP contribution < -0.4 is 10.5 Å². The number of halogens is 1. The Morgan fingerprint density at radius 1 is 1.07 bits per heavy atom. The standard InChI is InChI=1S/C23H19ClN4O/c1-15-6-7-18(12-20(15)24)28-11-9-21-19(22(28)29)13-25-23(26-21)27-10-8-16-4-2-3-5-17(16)14-27/h2-7,9,11-13H,8,10,14H2,1H3. The Morgan fingerprint density at radius 2 is 1.90 bits per heavy atom. The van der Waals surface area contributed by atoms with Gasteiger partial charge in [-0.05, 0) is 48.2 Å². The third-order valence-corrected chi connectivity index (χ3v) is 5.89. The second kappa shape index (κ2) is 7.01. The first kappa shape index (κ1) is 17.9. The summed E-state index contributed by atoms with van der Waals surface area (Å²) in [5, 5.41) is 1.12. The summed E-state index contributed by atoms with van der Waals surface area (Å²) in [5.41, 5.74) is 4.87. The first-order valence-corrected chi connectivity index (χ1v) is 9.94. The molecule has 0 fully saturated rings. The molecule has 6 heteroatoms. The van der Waals surface area contributed by atoms with E-state index in [4.69, 9.17) is 11.6 Å². The molecule has 2 aromatic carbocycles. The Hall–Kier alpha value is -3.18. The first-order chi connectivity index (χ1) is 14.1. The van der Waals surface area contributed by atoms with Crippen molar-refractivity contribution in [3.05, 3.63) is 93.0 Å². The van der Waals surface area contributed by atoms with Crippen molar-refractivity contribution in [2.24, 2.45) is 0 Å². The van der Waals surface area contributed by atoms with E-state index in [-0.39, 0.29) is 5.56 Å². The Morgan fingerprint density at radius 3 is 2.72 bits per heavy atom. The molecule has 0 radical (unpaired) electrons. The summed E-state index contributed by atoms with van der Waals surface area (Å²) in [6, 6.07) is 15.9. The zero-order chi connectivity index (χ0) is 20.0. The lowest BCUT2D eigenvalue weighted by Crippen LogP contribution is -2.31. The predicted molar refractivity (Wildman–Crippen MR) is 116 cm³/mol. The fourth-order valence-electron chi connectivity index (χ4n) is 3.77. The number of fused-ring (bicyclic) bond motifs is 2. The SMILES string of the molecule is Cc1ccc(-n2ccc3nc(N4CCc5ccccc5C4)ncc3c2=O)cc1Cl. The van der Waals surface area contributed by atoms with Gasteiger partial charge in [0, 0.05) is 30.5 Å². The van der Waals surface area contributed by atoms with Crippen LogP contribution in [0.15, 0.2) is 65.7 Å².